The van der Waals surface area contributed by atoms with Crippen molar-refractivity contribution in [1.29, 1.82) is 0 Å². The molecule has 0 fully saturated rings. The number of carbonyl (C=O) groups excluding carboxylic acids is 1. The van der Waals surface area contributed by atoms with Crippen LogP contribution in [0.1, 0.15) is 35.8 Å². The van der Waals surface area contributed by atoms with Gasteiger partial charge in [-0.15, -0.1) is 0 Å². The number of aliphatic carboxylic acids is 1. The largest absolute Gasteiger partial charge is 0.497 e. The van der Waals surface area contributed by atoms with Gasteiger partial charge >= 0.3 is 5.97 Å². The Bertz CT molecular complexity index is 1100. The molecule has 0 radical (unpaired) electrons. The van der Waals surface area contributed by atoms with Crippen LogP contribution in [0.25, 0.3) is 11.3 Å². The van der Waals surface area contributed by atoms with Crippen molar-refractivity contribution < 1.29 is 28.7 Å². The van der Waals surface area contributed by atoms with Crippen LogP contribution in [-0.2, 0) is 9.53 Å². The normalized spacial score (nSPS) is 12.9. The number of nitrogens with zero attached hydrogens (tertiary/aromatic N) is 1. The Labute approximate surface area is 196 Å². The molecule has 0 spiro atoms. The highest BCUT2D eigenvalue weighted by atomic mass is 35.5. The van der Waals surface area contributed by atoms with E-state index in [9.17, 15) is 14.7 Å². The van der Waals surface area contributed by atoms with Gasteiger partial charge < -0.3 is 24.4 Å². The molecule has 0 bridgehead atoms. The van der Waals surface area contributed by atoms with Crippen LogP contribution < -0.4 is 10.1 Å². The third-order valence-electron chi connectivity index (χ3n) is 4.94. The van der Waals surface area contributed by atoms with Gasteiger partial charge in [-0.25, -0.2) is 4.79 Å². The van der Waals surface area contributed by atoms with E-state index >= 15 is 0 Å². The van der Waals surface area contributed by atoms with Gasteiger partial charge in [0.2, 0.25) is 0 Å². The highest BCUT2D eigenvalue weighted by Crippen LogP contribution is 2.28. The first-order chi connectivity index (χ1) is 15.8. The van der Waals surface area contributed by atoms with Crippen molar-refractivity contribution in [3.05, 3.63) is 70.9 Å². The molecule has 174 valence electrons. The maximum Gasteiger partial charge on any atom is 0.333 e. The molecule has 3 rings (SSSR count). The van der Waals surface area contributed by atoms with E-state index in [-0.39, 0.29) is 18.3 Å². The second-order valence-corrected chi connectivity index (χ2v) is 8.00. The summed E-state index contributed by atoms with van der Waals surface area (Å²) >= 11 is 6.18. The number of aromatic nitrogens is 1. The van der Waals surface area contributed by atoms with E-state index in [1.807, 2.05) is 0 Å². The number of benzene rings is 2. The summed E-state index contributed by atoms with van der Waals surface area (Å²) in [6, 6.07) is 15.5. The predicted molar refractivity (Wildman–Crippen MR) is 123 cm³/mol. The van der Waals surface area contributed by atoms with Crippen LogP contribution >= 0.6 is 11.6 Å². The molecule has 0 aliphatic rings. The number of ether oxygens (including phenoxy) is 2. The number of carbonyl (C=O) groups is 2. The molecular weight excluding hydrogens is 448 g/mol. The Hall–Kier alpha value is -3.36. The Morgan fingerprint density at radius 1 is 1.15 bits per heavy atom. The summed E-state index contributed by atoms with van der Waals surface area (Å²) in [5, 5.41) is 16.8. The third kappa shape index (κ3) is 6.12. The van der Waals surface area contributed by atoms with Crippen molar-refractivity contribution in [3.8, 4) is 17.1 Å². The third-order valence-corrected chi connectivity index (χ3v) is 5.27. The van der Waals surface area contributed by atoms with Crippen LogP contribution in [0.15, 0.2) is 59.1 Å². The number of hydrogen-bond acceptors (Lipinski definition) is 6. The minimum atomic E-state index is -1.17. The number of halogens is 1. The Morgan fingerprint density at radius 3 is 2.45 bits per heavy atom. The van der Waals surface area contributed by atoms with Crippen molar-refractivity contribution in [2.24, 2.45) is 0 Å². The van der Waals surface area contributed by atoms with Gasteiger partial charge in [0.15, 0.2) is 17.6 Å². The number of carboxylic acid groups (broad SMARTS) is 1. The summed E-state index contributed by atoms with van der Waals surface area (Å²) in [5.41, 5.74) is 1.34. The fraction of sp³-hybridized carbons (Fsp3) is 0.292. The molecule has 0 saturated carbocycles. The smallest absolute Gasteiger partial charge is 0.333 e. The predicted octanol–water partition coefficient (Wildman–Crippen LogP) is 4.40. The van der Waals surface area contributed by atoms with Gasteiger partial charge in [0, 0.05) is 24.1 Å². The second-order valence-electron chi connectivity index (χ2n) is 7.59. The molecule has 3 aromatic rings. The standard InChI is InChI=1S/C24H25ClN2O6/c1-14(2)32-22(24(29)30)18(15-8-10-16(31-3)11-9-15)13-26-23(28)20-12-21(33-27-20)17-6-4-5-7-19(17)25/h4-12,14,18,22H,13H2,1-3H3,(H,26,28)(H,29,30). The van der Waals surface area contributed by atoms with Crippen LogP contribution in [-0.4, -0.2) is 48.0 Å². The number of nitrogens with one attached hydrogen (secondary N) is 1. The average Bonchev–Trinajstić information content (AvgIpc) is 3.29. The maximum atomic E-state index is 12.8. The Balaban J connectivity index is 1.80. The molecule has 2 N–H and O–H groups in total. The zero-order valence-corrected chi connectivity index (χ0v) is 19.2. The molecule has 2 aromatic carbocycles. The van der Waals surface area contributed by atoms with Crippen LogP contribution in [0.4, 0.5) is 0 Å². The lowest BCUT2D eigenvalue weighted by Crippen LogP contribution is -2.40. The summed E-state index contributed by atoms with van der Waals surface area (Å²) in [4.78, 5) is 24.7. The number of hydrogen-bond donors (Lipinski definition) is 2. The first kappa shape index (κ1) is 24.3. The minimum absolute atomic E-state index is 0.00311. The van der Waals surface area contributed by atoms with Crippen LogP contribution in [0, 0.1) is 0 Å². The number of carboxylic acids is 1. The average molecular weight is 473 g/mol. The minimum Gasteiger partial charge on any atom is -0.497 e. The summed E-state index contributed by atoms with van der Waals surface area (Å²) in [6.07, 6.45) is -1.49. The molecular formula is C24H25ClN2O6. The molecule has 0 saturated heterocycles. The Kier molecular flexibility index (Phi) is 8.08. The summed E-state index contributed by atoms with van der Waals surface area (Å²) in [7, 11) is 1.55. The second kappa shape index (κ2) is 11.0. The van der Waals surface area contributed by atoms with E-state index in [0.717, 1.165) is 0 Å². The molecule has 1 amide bonds. The number of rotatable bonds is 10. The fourth-order valence-electron chi connectivity index (χ4n) is 3.33. The molecule has 1 heterocycles. The van der Waals surface area contributed by atoms with E-state index in [0.29, 0.717) is 27.7 Å². The summed E-state index contributed by atoms with van der Waals surface area (Å²) < 4.78 is 16.1. The van der Waals surface area contributed by atoms with Crippen molar-refractivity contribution in [2.45, 2.75) is 32.0 Å². The monoisotopic (exact) mass is 472 g/mol. The highest BCUT2D eigenvalue weighted by molar-refractivity contribution is 6.33. The Morgan fingerprint density at radius 2 is 1.85 bits per heavy atom. The number of methoxy groups -OCH3 is 1. The van der Waals surface area contributed by atoms with Gasteiger partial charge in [-0.1, -0.05) is 41.0 Å². The first-order valence-electron chi connectivity index (χ1n) is 10.3. The van der Waals surface area contributed by atoms with E-state index in [1.54, 1.807) is 69.5 Å². The molecule has 1 aromatic heterocycles. The lowest BCUT2D eigenvalue weighted by Gasteiger charge is -2.26. The molecule has 2 atom stereocenters. The van der Waals surface area contributed by atoms with E-state index < -0.39 is 23.9 Å². The van der Waals surface area contributed by atoms with Crippen LogP contribution in [0.2, 0.25) is 5.02 Å². The van der Waals surface area contributed by atoms with Gasteiger partial charge in [0.25, 0.3) is 5.91 Å². The van der Waals surface area contributed by atoms with Crippen molar-refractivity contribution in [2.75, 3.05) is 13.7 Å². The van der Waals surface area contributed by atoms with Gasteiger partial charge in [-0.2, -0.15) is 0 Å². The van der Waals surface area contributed by atoms with Crippen molar-refractivity contribution in [3.63, 3.8) is 0 Å². The molecule has 2 unspecified atom stereocenters. The van der Waals surface area contributed by atoms with Gasteiger partial charge in [-0.05, 0) is 43.7 Å². The van der Waals surface area contributed by atoms with Crippen molar-refractivity contribution in [1.82, 2.24) is 10.5 Å². The molecule has 33 heavy (non-hydrogen) atoms. The molecule has 0 aliphatic heterocycles. The molecule has 9 heteroatoms. The fourth-order valence-corrected chi connectivity index (χ4v) is 3.56. The summed E-state index contributed by atoms with van der Waals surface area (Å²) in [5.74, 6) is -1.31. The lowest BCUT2D eigenvalue weighted by molar-refractivity contribution is -0.155. The molecule has 0 aliphatic carbocycles. The first-order valence-corrected chi connectivity index (χ1v) is 10.7. The van der Waals surface area contributed by atoms with Gasteiger partial charge in [0.1, 0.15) is 5.75 Å². The van der Waals surface area contributed by atoms with E-state index in [1.165, 1.54) is 6.07 Å². The topological polar surface area (TPSA) is 111 Å². The highest BCUT2D eigenvalue weighted by Gasteiger charge is 2.32. The quantitative estimate of drug-likeness (QED) is 0.450. The van der Waals surface area contributed by atoms with E-state index in [4.69, 9.17) is 25.6 Å². The zero-order valence-electron chi connectivity index (χ0n) is 18.4. The number of amides is 1. The maximum absolute atomic E-state index is 12.8. The van der Waals surface area contributed by atoms with Crippen molar-refractivity contribution >= 4 is 23.5 Å². The molecule has 8 nitrogen and oxygen atoms in total. The zero-order chi connectivity index (χ0) is 24.0. The van der Waals surface area contributed by atoms with Crippen LogP contribution in [0.5, 0.6) is 5.75 Å². The lowest BCUT2D eigenvalue weighted by atomic mass is 9.92. The van der Waals surface area contributed by atoms with Gasteiger partial charge in [0.05, 0.1) is 18.2 Å². The van der Waals surface area contributed by atoms with E-state index in [2.05, 4.69) is 10.5 Å². The van der Waals surface area contributed by atoms with Gasteiger partial charge in [-0.3, -0.25) is 4.79 Å². The summed E-state index contributed by atoms with van der Waals surface area (Å²) in [6.45, 7) is 3.51. The SMILES string of the molecule is COc1ccc(C(CNC(=O)c2cc(-c3ccccc3Cl)on2)C(OC(C)C)C(=O)O)cc1. The van der Waals surface area contributed by atoms with Crippen LogP contribution in [0.3, 0.4) is 0 Å².